The van der Waals surface area contributed by atoms with E-state index in [9.17, 15) is 4.39 Å². The fourth-order valence-corrected chi connectivity index (χ4v) is 3.47. The lowest BCUT2D eigenvalue weighted by Crippen LogP contribution is -1.98. The monoisotopic (exact) mass is 350 g/mol. The van der Waals surface area contributed by atoms with Crippen LogP contribution in [0.2, 0.25) is 5.02 Å². The lowest BCUT2D eigenvalue weighted by molar-refractivity contribution is 0.628. The second kappa shape index (κ2) is 6.01. The highest BCUT2D eigenvalue weighted by Gasteiger charge is 2.15. The number of nitrogens with zero attached hydrogens (tertiary/aromatic N) is 2. The Morgan fingerprint density at radius 2 is 1.84 bits per heavy atom. The van der Waals surface area contributed by atoms with Crippen LogP contribution in [0.15, 0.2) is 60.9 Å². The minimum absolute atomic E-state index is 0.340. The number of hydrogen-bond acceptors (Lipinski definition) is 1. The van der Waals surface area contributed by atoms with E-state index in [1.807, 2.05) is 31.5 Å². The molecule has 0 unspecified atom stereocenters. The van der Waals surface area contributed by atoms with Gasteiger partial charge in [0, 0.05) is 11.1 Å². The second-order valence-electron chi connectivity index (χ2n) is 6.20. The summed E-state index contributed by atoms with van der Waals surface area (Å²) in [6.07, 6.45) is 1.82. The normalized spacial score (nSPS) is 11.2. The van der Waals surface area contributed by atoms with Crippen molar-refractivity contribution in [2.45, 2.75) is 13.8 Å². The summed E-state index contributed by atoms with van der Waals surface area (Å²) in [5.41, 5.74) is 6.97. The Bertz CT molecular complexity index is 1100. The molecule has 1 aromatic heterocycles. The van der Waals surface area contributed by atoms with Gasteiger partial charge in [0.2, 0.25) is 0 Å². The molecule has 1 heterocycles. The van der Waals surface area contributed by atoms with E-state index in [0.29, 0.717) is 5.02 Å². The van der Waals surface area contributed by atoms with E-state index in [4.69, 9.17) is 11.6 Å². The molecule has 0 aliphatic carbocycles. The lowest BCUT2D eigenvalue weighted by Gasteiger charge is -2.16. The Hall–Kier alpha value is -2.65. The van der Waals surface area contributed by atoms with Crippen LogP contribution >= 0.6 is 11.6 Å². The van der Waals surface area contributed by atoms with Crippen molar-refractivity contribution in [2.24, 2.45) is 0 Å². The molecule has 124 valence electrons. The molecule has 3 aromatic carbocycles. The van der Waals surface area contributed by atoms with Crippen molar-refractivity contribution in [1.29, 1.82) is 0 Å². The molecule has 0 aliphatic rings. The summed E-state index contributed by atoms with van der Waals surface area (Å²) in [5.74, 6) is -0.340. The Labute approximate surface area is 150 Å². The molecule has 0 radical (unpaired) electrons. The van der Waals surface area contributed by atoms with Gasteiger partial charge in [-0.25, -0.2) is 9.37 Å². The maximum atomic E-state index is 13.5. The van der Waals surface area contributed by atoms with E-state index in [-0.39, 0.29) is 5.82 Å². The maximum absolute atomic E-state index is 13.5. The molecule has 25 heavy (non-hydrogen) atoms. The second-order valence-corrected chi connectivity index (χ2v) is 6.61. The van der Waals surface area contributed by atoms with Crippen LogP contribution in [-0.4, -0.2) is 9.55 Å². The topological polar surface area (TPSA) is 17.8 Å². The Balaban J connectivity index is 2.01. The van der Waals surface area contributed by atoms with Gasteiger partial charge >= 0.3 is 0 Å². The fraction of sp³-hybridized carbons (Fsp3) is 0.0952. The molecule has 0 amide bonds. The van der Waals surface area contributed by atoms with E-state index in [1.54, 1.807) is 6.07 Å². The van der Waals surface area contributed by atoms with Gasteiger partial charge < -0.3 is 0 Å². The number of halogens is 2. The van der Waals surface area contributed by atoms with Crippen LogP contribution in [0.5, 0.6) is 0 Å². The van der Waals surface area contributed by atoms with Crippen LogP contribution in [0.4, 0.5) is 4.39 Å². The zero-order valence-corrected chi connectivity index (χ0v) is 14.7. The average Bonchev–Trinajstić information content (AvgIpc) is 2.98. The first-order chi connectivity index (χ1) is 12.0. The van der Waals surface area contributed by atoms with Crippen LogP contribution in [-0.2, 0) is 0 Å². The number of aryl methyl sites for hydroxylation is 2. The standard InChI is InChI=1S/C21H16ClFN2/c1-13-6-9-19-18(10-13)24-12-25(19)20-5-3-4-14(2)21(20)16-8-7-15(23)11-17(16)22/h3-12H,1-2H3. The molecular weight excluding hydrogens is 335 g/mol. The quantitative estimate of drug-likeness (QED) is 0.427. The van der Waals surface area contributed by atoms with Gasteiger partial charge in [-0.3, -0.25) is 4.57 Å². The maximum Gasteiger partial charge on any atom is 0.124 e. The molecule has 4 heteroatoms. The van der Waals surface area contributed by atoms with E-state index >= 15 is 0 Å². The molecule has 0 aliphatic heterocycles. The van der Waals surface area contributed by atoms with E-state index in [1.165, 1.54) is 17.7 Å². The van der Waals surface area contributed by atoms with E-state index in [2.05, 4.69) is 34.7 Å². The number of aromatic nitrogens is 2. The van der Waals surface area contributed by atoms with Crippen LogP contribution in [0.25, 0.3) is 27.8 Å². The summed E-state index contributed by atoms with van der Waals surface area (Å²) in [6.45, 7) is 4.08. The van der Waals surface area contributed by atoms with Crippen LogP contribution in [0.3, 0.4) is 0 Å². The largest absolute Gasteiger partial charge is 0.298 e. The SMILES string of the molecule is Cc1ccc2c(c1)ncn2-c1cccc(C)c1-c1ccc(F)cc1Cl. The number of rotatable bonds is 2. The molecule has 0 saturated heterocycles. The highest BCUT2D eigenvalue weighted by Crippen LogP contribution is 2.36. The van der Waals surface area contributed by atoms with Gasteiger partial charge in [0.05, 0.1) is 21.7 Å². The summed E-state index contributed by atoms with van der Waals surface area (Å²) < 4.78 is 15.5. The first kappa shape index (κ1) is 15.9. The summed E-state index contributed by atoms with van der Waals surface area (Å²) in [4.78, 5) is 4.53. The smallest absolute Gasteiger partial charge is 0.124 e. The Morgan fingerprint density at radius 1 is 1.00 bits per heavy atom. The Kier molecular flexibility index (Phi) is 3.81. The highest BCUT2D eigenvalue weighted by molar-refractivity contribution is 6.33. The molecule has 0 spiro atoms. The van der Waals surface area contributed by atoms with Crippen molar-refractivity contribution in [2.75, 3.05) is 0 Å². The molecule has 0 bridgehead atoms. The molecule has 2 nitrogen and oxygen atoms in total. The average molecular weight is 351 g/mol. The van der Waals surface area contributed by atoms with Gasteiger partial charge in [0.25, 0.3) is 0 Å². The van der Waals surface area contributed by atoms with Crippen LogP contribution in [0.1, 0.15) is 11.1 Å². The molecule has 4 rings (SSSR count). The third-order valence-corrected chi connectivity index (χ3v) is 4.73. The molecule has 0 atom stereocenters. The minimum atomic E-state index is -0.340. The predicted molar refractivity (Wildman–Crippen MR) is 101 cm³/mol. The van der Waals surface area contributed by atoms with E-state index < -0.39 is 0 Å². The lowest BCUT2D eigenvalue weighted by atomic mass is 9.98. The van der Waals surface area contributed by atoms with Crippen LogP contribution < -0.4 is 0 Å². The van der Waals surface area contributed by atoms with Crippen molar-refractivity contribution in [3.8, 4) is 16.8 Å². The Morgan fingerprint density at radius 3 is 2.64 bits per heavy atom. The molecule has 0 saturated carbocycles. The predicted octanol–water partition coefficient (Wildman–Crippen LogP) is 6.10. The van der Waals surface area contributed by atoms with Gasteiger partial charge in [-0.15, -0.1) is 0 Å². The molecule has 0 N–H and O–H groups in total. The van der Waals surface area contributed by atoms with E-state index in [0.717, 1.165) is 33.4 Å². The van der Waals surface area contributed by atoms with Crippen molar-refractivity contribution in [3.05, 3.63) is 82.9 Å². The number of fused-ring (bicyclic) bond motifs is 1. The van der Waals surface area contributed by atoms with Gasteiger partial charge in [-0.05, 0) is 61.4 Å². The summed E-state index contributed by atoms with van der Waals surface area (Å²) in [6, 6.07) is 16.8. The summed E-state index contributed by atoms with van der Waals surface area (Å²) >= 11 is 6.34. The van der Waals surface area contributed by atoms with Gasteiger partial charge in [0.15, 0.2) is 0 Å². The summed E-state index contributed by atoms with van der Waals surface area (Å²) in [5, 5.41) is 0.399. The van der Waals surface area contributed by atoms with Gasteiger partial charge in [0.1, 0.15) is 12.1 Å². The van der Waals surface area contributed by atoms with Crippen molar-refractivity contribution >= 4 is 22.6 Å². The summed E-state index contributed by atoms with van der Waals surface area (Å²) in [7, 11) is 0. The first-order valence-corrected chi connectivity index (χ1v) is 8.41. The van der Waals surface area contributed by atoms with Crippen molar-refractivity contribution < 1.29 is 4.39 Å². The zero-order chi connectivity index (χ0) is 17.6. The number of imidazole rings is 1. The first-order valence-electron chi connectivity index (χ1n) is 8.04. The third-order valence-electron chi connectivity index (χ3n) is 4.41. The van der Waals surface area contributed by atoms with Gasteiger partial charge in [-0.1, -0.05) is 29.8 Å². The van der Waals surface area contributed by atoms with Crippen molar-refractivity contribution in [3.63, 3.8) is 0 Å². The minimum Gasteiger partial charge on any atom is -0.298 e. The molecule has 0 fully saturated rings. The fourth-order valence-electron chi connectivity index (χ4n) is 3.21. The highest BCUT2D eigenvalue weighted by atomic mass is 35.5. The molecule has 4 aromatic rings. The van der Waals surface area contributed by atoms with Crippen molar-refractivity contribution in [1.82, 2.24) is 9.55 Å². The number of hydrogen-bond donors (Lipinski definition) is 0. The zero-order valence-electron chi connectivity index (χ0n) is 13.9. The number of benzene rings is 3. The van der Waals surface area contributed by atoms with Crippen LogP contribution in [0, 0.1) is 19.7 Å². The van der Waals surface area contributed by atoms with Gasteiger partial charge in [-0.2, -0.15) is 0 Å². The molecular formula is C21H16ClFN2. The third kappa shape index (κ3) is 2.71.